The highest BCUT2D eigenvalue weighted by Crippen LogP contribution is 2.27. The van der Waals surface area contributed by atoms with Crippen LogP contribution in [-0.4, -0.2) is 29.3 Å². The van der Waals surface area contributed by atoms with E-state index in [4.69, 9.17) is 4.74 Å². The molecule has 128 valence electrons. The van der Waals surface area contributed by atoms with E-state index in [1.54, 1.807) is 0 Å². The smallest absolute Gasteiger partial charge is 0.407 e. The summed E-state index contributed by atoms with van der Waals surface area (Å²) in [5.74, 6) is 0.413. The number of carbonyl (C=O) groups is 1. The van der Waals surface area contributed by atoms with Crippen molar-refractivity contribution < 1.29 is 9.53 Å². The molecular weight excluding hydrogens is 290 g/mol. The number of nitrogens with one attached hydrogen (secondary N) is 2. The summed E-state index contributed by atoms with van der Waals surface area (Å²) in [4.78, 5) is 16.1. The van der Waals surface area contributed by atoms with Gasteiger partial charge in [-0.2, -0.15) is 0 Å². The van der Waals surface area contributed by atoms with Crippen LogP contribution in [0.4, 0.5) is 10.5 Å². The number of carbonyl (C=O) groups excluding carboxylic acids is 1. The van der Waals surface area contributed by atoms with Crippen LogP contribution < -0.4 is 10.6 Å². The molecule has 5 heteroatoms. The number of hydrogen-bond acceptors (Lipinski definition) is 4. The van der Waals surface area contributed by atoms with Crippen LogP contribution in [0.15, 0.2) is 18.5 Å². The van der Waals surface area contributed by atoms with E-state index in [0.717, 1.165) is 18.5 Å². The Morgan fingerprint density at radius 3 is 2.78 bits per heavy atom. The molecule has 1 aliphatic rings. The zero-order chi connectivity index (χ0) is 16.9. The van der Waals surface area contributed by atoms with Crippen LogP contribution in [0, 0.1) is 12.8 Å². The summed E-state index contributed by atoms with van der Waals surface area (Å²) in [5, 5.41) is 6.54. The molecule has 0 radical (unpaired) electrons. The maximum absolute atomic E-state index is 11.9. The molecule has 0 saturated heterocycles. The van der Waals surface area contributed by atoms with Crippen LogP contribution in [0.25, 0.3) is 0 Å². The van der Waals surface area contributed by atoms with Crippen LogP contribution in [0.1, 0.15) is 52.0 Å². The lowest BCUT2D eigenvalue weighted by molar-refractivity contribution is 0.0514. The molecule has 0 aromatic carbocycles. The molecule has 1 aromatic rings. The lowest BCUT2D eigenvalue weighted by atomic mass is 9.84. The summed E-state index contributed by atoms with van der Waals surface area (Å²) in [6, 6.07) is 2.38. The van der Waals surface area contributed by atoms with Crippen molar-refractivity contribution >= 4 is 11.8 Å². The van der Waals surface area contributed by atoms with Crippen LogP contribution in [0.2, 0.25) is 0 Å². The molecule has 1 heterocycles. The summed E-state index contributed by atoms with van der Waals surface area (Å²) in [7, 11) is 0. The van der Waals surface area contributed by atoms with E-state index in [9.17, 15) is 4.79 Å². The minimum Gasteiger partial charge on any atom is -0.444 e. The van der Waals surface area contributed by atoms with E-state index in [-0.39, 0.29) is 6.09 Å². The minimum atomic E-state index is -0.457. The fraction of sp³-hybridized carbons (Fsp3) is 0.667. The topological polar surface area (TPSA) is 63.2 Å². The van der Waals surface area contributed by atoms with Crippen LogP contribution in [0.3, 0.4) is 0 Å². The van der Waals surface area contributed by atoms with Gasteiger partial charge in [-0.05, 0) is 58.1 Å². The summed E-state index contributed by atoms with van der Waals surface area (Å²) in [5.41, 5.74) is 1.83. The van der Waals surface area contributed by atoms with E-state index in [1.807, 2.05) is 39.2 Å². The molecule has 1 saturated carbocycles. The van der Waals surface area contributed by atoms with Crippen molar-refractivity contribution in [1.82, 2.24) is 10.3 Å². The molecule has 1 aliphatic carbocycles. The van der Waals surface area contributed by atoms with Gasteiger partial charge in [0.15, 0.2) is 0 Å². The van der Waals surface area contributed by atoms with Crippen LogP contribution >= 0.6 is 0 Å². The van der Waals surface area contributed by atoms with E-state index < -0.39 is 5.60 Å². The van der Waals surface area contributed by atoms with Crippen molar-refractivity contribution in [3.05, 3.63) is 24.0 Å². The molecule has 2 unspecified atom stereocenters. The number of aromatic nitrogens is 1. The summed E-state index contributed by atoms with van der Waals surface area (Å²) < 4.78 is 5.32. The van der Waals surface area contributed by atoms with Gasteiger partial charge in [0.05, 0.1) is 11.9 Å². The van der Waals surface area contributed by atoms with Gasteiger partial charge in [0.25, 0.3) is 0 Å². The molecular formula is C18H29N3O2. The first-order valence-electron chi connectivity index (χ1n) is 8.49. The van der Waals surface area contributed by atoms with Crippen molar-refractivity contribution in [2.45, 2.75) is 65.0 Å². The zero-order valence-electron chi connectivity index (χ0n) is 14.7. The maximum atomic E-state index is 11.9. The average molecular weight is 319 g/mol. The second-order valence-corrected chi connectivity index (χ2v) is 7.37. The van der Waals surface area contributed by atoms with Crippen LogP contribution in [-0.2, 0) is 4.74 Å². The highest BCUT2D eigenvalue weighted by molar-refractivity contribution is 5.67. The molecule has 1 fully saturated rings. The standard InChI is InChI=1S/C18H29N3O2/c1-13-9-10-19-12-16(13)21-15-8-6-5-7-14(15)11-20-17(22)23-18(2,3)4/h9-10,12,14-15,21H,5-8,11H2,1-4H3,(H,20,22). The van der Waals surface area contributed by atoms with Crippen molar-refractivity contribution in [2.75, 3.05) is 11.9 Å². The molecule has 2 N–H and O–H groups in total. The summed E-state index contributed by atoms with van der Waals surface area (Å²) in [6.07, 6.45) is 8.02. The van der Waals surface area contributed by atoms with E-state index in [0.29, 0.717) is 18.5 Å². The fourth-order valence-electron chi connectivity index (χ4n) is 2.99. The third-order valence-corrected chi connectivity index (χ3v) is 4.20. The SMILES string of the molecule is Cc1ccncc1NC1CCCCC1CNC(=O)OC(C)(C)C. The molecule has 5 nitrogen and oxygen atoms in total. The number of anilines is 1. The van der Waals surface area contributed by atoms with Crippen LogP contribution in [0.5, 0.6) is 0 Å². The molecule has 0 spiro atoms. The fourth-order valence-corrected chi connectivity index (χ4v) is 2.99. The number of ether oxygens (including phenoxy) is 1. The Hall–Kier alpha value is -1.78. The lowest BCUT2D eigenvalue weighted by Gasteiger charge is -2.33. The lowest BCUT2D eigenvalue weighted by Crippen LogP contribution is -2.42. The molecule has 23 heavy (non-hydrogen) atoms. The monoisotopic (exact) mass is 319 g/mol. The number of amides is 1. The number of aryl methyl sites for hydroxylation is 1. The first-order chi connectivity index (χ1) is 10.8. The van der Waals surface area contributed by atoms with Crippen molar-refractivity contribution in [2.24, 2.45) is 5.92 Å². The van der Waals surface area contributed by atoms with Gasteiger partial charge >= 0.3 is 6.09 Å². The predicted octanol–water partition coefficient (Wildman–Crippen LogP) is 3.89. The Morgan fingerprint density at radius 2 is 2.09 bits per heavy atom. The number of alkyl carbamates (subject to hydrolysis) is 1. The Labute approximate surface area is 139 Å². The van der Waals surface area contributed by atoms with Gasteiger partial charge in [-0.1, -0.05) is 12.8 Å². The third-order valence-electron chi connectivity index (χ3n) is 4.20. The first-order valence-corrected chi connectivity index (χ1v) is 8.49. The van der Waals surface area contributed by atoms with Gasteiger partial charge in [-0.15, -0.1) is 0 Å². The second-order valence-electron chi connectivity index (χ2n) is 7.37. The second kappa shape index (κ2) is 7.66. The first kappa shape index (κ1) is 17.6. The van der Waals surface area contributed by atoms with E-state index in [2.05, 4.69) is 22.5 Å². The van der Waals surface area contributed by atoms with E-state index >= 15 is 0 Å². The Kier molecular flexibility index (Phi) is 5.85. The Balaban J connectivity index is 1.91. The number of hydrogen-bond donors (Lipinski definition) is 2. The minimum absolute atomic E-state index is 0.334. The Morgan fingerprint density at radius 1 is 1.35 bits per heavy atom. The highest BCUT2D eigenvalue weighted by Gasteiger charge is 2.26. The quantitative estimate of drug-likeness (QED) is 0.884. The number of rotatable bonds is 4. The largest absolute Gasteiger partial charge is 0.444 e. The van der Waals surface area contributed by atoms with Crippen molar-refractivity contribution in [1.29, 1.82) is 0 Å². The van der Waals surface area contributed by atoms with Gasteiger partial charge in [0, 0.05) is 18.8 Å². The average Bonchev–Trinajstić information content (AvgIpc) is 2.47. The molecule has 0 aliphatic heterocycles. The van der Waals surface area contributed by atoms with Crippen molar-refractivity contribution in [3.63, 3.8) is 0 Å². The van der Waals surface area contributed by atoms with Gasteiger partial charge in [0.1, 0.15) is 5.60 Å². The molecule has 1 amide bonds. The number of pyridine rings is 1. The third kappa shape index (κ3) is 5.73. The van der Waals surface area contributed by atoms with Gasteiger partial charge in [-0.25, -0.2) is 4.79 Å². The normalized spacial score (nSPS) is 21.6. The zero-order valence-corrected chi connectivity index (χ0v) is 14.7. The van der Waals surface area contributed by atoms with E-state index in [1.165, 1.54) is 18.4 Å². The van der Waals surface area contributed by atoms with Gasteiger partial charge in [-0.3, -0.25) is 4.98 Å². The summed E-state index contributed by atoms with van der Waals surface area (Å²) in [6.45, 7) is 8.36. The molecule has 2 atom stereocenters. The predicted molar refractivity (Wildman–Crippen MR) is 92.6 cm³/mol. The number of nitrogens with zero attached hydrogens (tertiary/aromatic N) is 1. The van der Waals surface area contributed by atoms with Gasteiger partial charge in [0.2, 0.25) is 0 Å². The van der Waals surface area contributed by atoms with Gasteiger partial charge < -0.3 is 15.4 Å². The molecule has 1 aromatic heterocycles. The highest BCUT2D eigenvalue weighted by atomic mass is 16.6. The summed E-state index contributed by atoms with van der Waals surface area (Å²) >= 11 is 0. The van der Waals surface area contributed by atoms with Crippen molar-refractivity contribution in [3.8, 4) is 0 Å². The molecule has 2 rings (SSSR count). The molecule has 0 bridgehead atoms. The maximum Gasteiger partial charge on any atom is 0.407 e. The Bertz CT molecular complexity index is 525.